The van der Waals surface area contributed by atoms with Crippen molar-refractivity contribution in [1.29, 1.82) is 0 Å². The van der Waals surface area contributed by atoms with Crippen LogP contribution >= 0.6 is 23.0 Å². The van der Waals surface area contributed by atoms with Crippen molar-refractivity contribution in [2.24, 2.45) is 5.73 Å². The molecule has 2 N–H and O–H groups in total. The molecule has 4 nitrogen and oxygen atoms in total. The van der Waals surface area contributed by atoms with Gasteiger partial charge in [-0.2, -0.15) is 0 Å². The summed E-state index contributed by atoms with van der Waals surface area (Å²) in [6.45, 7) is 1.51. The van der Waals surface area contributed by atoms with Crippen molar-refractivity contribution in [3.63, 3.8) is 0 Å². The van der Waals surface area contributed by atoms with Gasteiger partial charge in [0.25, 0.3) is 0 Å². The zero-order valence-corrected chi connectivity index (χ0v) is 7.12. The van der Waals surface area contributed by atoms with Gasteiger partial charge in [-0.25, -0.2) is 0 Å². The molecule has 0 saturated heterocycles. The van der Waals surface area contributed by atoms with E-state index in [2.05, 4.69) is 7.80 Å². The molecule has 0 saturated carbocycles. The number of hydrogen-bond donors (Lipinski definition) is 1. The highest BCUT2D eigenvalue weighted by atomic mass is 127. The van der Waals surface area contributed by atoms with Crippen LogP contribution in [0.5, 0.6) is 0 Å². The Bertz CT molecular complexity index is 95.8. The molecule has 9 heavy (non-hydrogen) atoms. The Morgan fingerprint density at radius 1 is 1.89 bits per heavy atom. The summed E-state index contributed by atoms with van der Waals surface area (Å²) < 4.78 is 8.89. The van der Waals surface area contributed by atoms with Gasteiger partial charge in [0.15, 0.2) is 0 Å². The second-order valence-electron chi connectivity index (χ2n) is 1.48. The summed E-state index contributed by atoms with van der Waals surface area (Å²) in [6, 6.07) is -0.573. The molecular weight excluding hydrogens is 237 g/mol. The molecule has 0 unspecified atom stereocenters. The van der Waals surface area contributed by atoms with Crippen LogP contribution in [0.25, 0.3) is 0 Å². The average molecular weight is 245 g/mol. The predicted octanol–water partition coefficient (Wildman–Crippen LogP) is 0.201. The third-order valence-electron chi connectivity index (χ3n) is 0.618. The number of rotatable bonds is 3. The van der Waals surface area contributed by atoms with Crippen LogP contribution in [0, 0.1) is 0 Å². The summed E-state index contributed by atoms with van der Waals surface area (Å²) in [6.07, 6.45) is 0. The minimum Gasteiger partial charge on any atom is -0.436 e. The van der Waals surface area contributed by atoms with Crippen molar-refractivity contribution < 1.29 is 12.6 Å². The van der Waals surface area contributed by atoms with Gasteiger partial charge in [0.05, 0.1) is 0 Å². The molecule has 54 valence electrons. The van der Waals surface area contributed by atoms with Crippen LogP contribution in [0.1, 0.15) is 6.92 Å². The van der Waals surface area contributed by atoms with Gasteiger partial charge in [0, 0.05) is 0 Å². The zero-order chi connectivity index (χ0) is 7.28. The second-order valence-corrected chi connectivity index (χ2v) is 2.10. The smallest absolute Gasteiger partial charge is 0.324 e. The average Bonchev–Trinajstić information content (AvgIpc) is 1.82. The van der Waals surface area contributed by atoms with E-state index in [-0.39, 0.29) is 6.79 Å². The lowest BCUT2D eigenvalue weighted by Gasteiger charge is -2.03. The quantitative estimate of drug-likeness (QED) is 0.438. The van der Waals surface area contributed by atoms with Crippen molar-refractivity contribution in [3.05, 3.63) is 0 Å². The molecule has 0 aliphatic carbocycles. The first-order valence-corrected chi connectivity index (χ1v) is 3.22. The van der Waals surface area contributed by atoms with Crippen LogP contribution in [-0.2, 0) is 12.6 Å². The maximum atomic E-state index is 10.5. The number of ether oxygens (including phenoxy) is 1. The minimum atomic E-state index is -0.573. The number of nitrogens with two attached hydrogens (primary N) is 1. The highest BCUT2D eigenvalue weighted by Crippen LogP contribution is 1.88. The summed E-state index contributed by atoms with van der Waals surface area (Å²) in [4.78, 5) is 10.5. The van der Waals surface area contributed by atoms with Gasteiger partial charge in [-0.15, -0.1) is 0 Å². The summed E-state index contributed by atoms with van der Waals surface area (Å²) in [5.74, 6) is -0.452. The standard InChI is InChI=1S/C4H8INO3/c1-3(6)4(7)8-2-9-5/h3H,2,6H2,1H3/t3-/m1/s1. The highest BCUT2D eigenvalue weighted by molar-refractivity contribution is 14.1. The molecule has 5 heteroatoms. The summed E-state index contributed by atoms with van der Waals surface area (Å²) >= 11 is 1.63. The first-order chi connectivity index (χ1) is 4.18. The summed E-state index contributed by atoms with van der Waals surface area (Å²) in [5, 5.41) is 0. The van der Waals surface area contributed by atoms with Crippen LogP contribution in [0.15, 0.2) is 0 Å². The van der Waals surface area contributed by atoms with E-state index in [1.807, 2.05) is 0 Å². The minimum absolute atomic E-state index is 0.0407. The van der Waals surface area contributed by atoms with E-state index in [4.69, 9.17) is 5.73 Å². The molecule has 0 spiro atoms. The normalized spacial score (nSPS) is 12.8. The SMILES string of the molecule is C[C@@H](N)C(=O)OCOI. The first kappa shape index (κ1) is 9.12. The lowest BCUT2D eigenvalue weighted by molar-refractivity contribution is -0.149. The van der Waals surface area contributed by atoms with Crippen molar-refractivity contribution in [2.75, 3.05) is 6.79 Å². The second kappa shape index (κ2) is 4.95. The van der Waals surface area contributed by atoms with Crippen LogP contribution in [-0.4, -0.2) is 18.8 Å². The van der Waals surface area contributed by atoms with Gasteiger partial charge in [-0.3, -0.25) is 7.86 Å². The maximum Gasteiger partial charge on any atom is 0.324 e. The lowest BCUT2D eigenvalue weighted by Crippen LogP contribution is -2.28. The van der Waals surface area contributed by atoms with Crippen LogP contribution in [0.3, 0.4) is 0 Å². The Morgan fingerprint density at radius 2 is 2.44 bits per heavy atom. The lowest BCUT2D eigenvalue weighted by atomic mass is 10.4. The maximum absolute atomic E-state index is 10.5. The number of carbonyl (C=O) groups is 1. The van der Waals surface area contributed by atoms with E-state index in [0.29, 0.717) is 0 Å². The Hall–Kier alpha value is 0.120. The van der Waals surface area contributed by atoms with Crippen molar-refractivity contribution in [2.45, 2.75) is 13.0 Å². The van der Waals surface area contributed by atoms with Gasteiger partial charge in [-0.1, -0.05) is 0 Å². The molecule has 0 amide bonds. The summed E-state index contributed by atoms with van der Waals surface area (Å²) in [7, 11) is 0. The fraction of sp³-hybridized carbons (Fsp3) is 0.750. The first-order valence-electron chi connectivity index (χ1n) is 2.34. The Labute approximate surface area is 67.4 Å². The summed E-state index contributed by atoms with van der Waals surface area (Å²) in [5.41, 5.74) is 5.14. The topological polar surface area (TPSA) is 61.6 Å². The zero-order valence-electron chi connectivity index (χ0n) is 4.96. The molecule has 0 heterocycles. The predicted molar refractivity (Wildman–Crippen MR) is 39.7 cm³/mol. The molecule has 0 aliphatic rings. The van der Waals surface area contributed by atoms with Gasteiger partial charge in [0.2, 0.25) is 6.79 Å². The molecule has 0 rings (SSSR count). The molecule has 0 aromatic rings. The van der Waals surface area contributed by atoms with E-state index >= 15 is 0 Å². The molecule has 0 radical (unpaired) electrons. The van der Waals surface area contributed by atoms with Crippen LogP contribution in [0.2, 0.25) is 0 Å². The number of esters is 1. The Morgan fingerprint density at radius 3 is 2.78 bits per heavy atom. The molecule has 0 aromatic heterocycles. The molecule has 0 aromatic carbocycles. The van der Waals surface area contributed by atoms with E-state index in [9.17, 15) is 4.79 Å². The van der Waals surface area contributed by atoms with E-state index < -0.39 is 12.0 Å². The highest BCUT2D eigenvalue weighted by Gasteiger charge is 2.06. The fourth-order valence-corrected chi connectivity index (χ4v) is 0.339. The van der Waals surface area contributed by atoms with Crippen LogP contribution < -0.4 is 5.73 Å². The molecular formula is C4H8INO3. The molecule has 0 bridgehead atoms. The molecule has 0 aliphatic heterocycles. The molecule has 0 fully saturated rings. The van der Waals surface area contributed by atoms with E-state index in [1.54, 1.807) is 29.9 Å². The Balaban J connectivity index is 3.28. The van der Waals surface area contributed by atoms with Crippen LogP contribution in [0.4, 0.5) is 0 Å². The number of hydrogen-bond acceptors (Lipinski definition) is 4. The van der Waals surface area contributed by atoms with Gasteiger partial charge >= 0.3 is 5.97 Å². The number of halogens is 1. The number of carbonyl (C=O) groups excluding carboxylic acids is 1. The monoisotopic (exact) mass is 245 g/mol. The van der Waals surface area contributed by atoms with E-state index in [1.165, 1.54) is 0 Å². The largest absolute Gasteiger partial charge is 0.436 e. The molecule has 1 atom stereocenters. The third kappa shape index (κ3) is 4.61. The van der Waals surface area contributed by atoms with E-state index in [0.717, 1.165) is 0 Å². The fourth-order valence-electron chi connectivity index (χ4n) is 0.212. The van der Waals surface area contributed by atoms with Crippen molar-refractivity contribution >= 4 is 29.0 Å². The van der Waals surface area contributed by atoms with Gasteiger partial charge in [0.1, 0.15) is 29.0 Å². The van der Waals surface area contributed by atoms with Crippen molar-refractivity contribution in [1.82, 2.24) is 0 Å². The third-order valence-corrected chi connectivity index (χ3v) is 0.872. The van der Waals surface area contributed by atoms with Crippen molar-refractivity contribution in [3.8, 4) is 0 Å². The Kier molecular flexibility index (Phi) is 5.02. The van der Waals surface area contributed by atoms with Gasteiger partial charge in [-0.05, 0) is 6.92 Å². The van der Waals surface area contributed by atoms with Gasteiger partial charge < -0.3 is 10.5 Å².